The molecule has 0 aliphatic rings. The van der Waals surface area contributed by atoms with E-state index < -0.39 is 17.8 Å². The third kappa shape index (κ3) is 3.48. The van der Waals surface area contributed by atoms with Crippen LogP contribution in [0, 0.1) is 0 Å². The Bertz CT molecular complexity index is 856. The van der Waals surface area contributed by atoms with Gasteiger partial charge < -0.3 is 15.6 Å². The number of anilines is 1. The number of H-pyrrole nitrogens is 1. The van der Waals surface area contributed by atoms with Gasteiger partial charge in [0.05, 0.1) is 23.1 Å². The van der Waals surface area contributed by atoms with Gasteiger partial charge in [0.2, 0.25) is 0 Å². The van der Waals surface area contributed by atoms with Crippen molar-refractivity contribution in [2.75, 3.05) is 5.32 Å². The van der Waals surface area contributed by atoms with Gasteiger partial charge in [0.1, 0.15) is 5.52 Å². The fourth-order valence-electron chi connectivity index (χ4n) is 2.23. The highest BCUT2D eigenvalue weighted by Crippen LogP contribution is 2.29. The molecule has 0 spiro atoms. The molecule has 3 N–H and O–H groups in total. The summed E-state index contributed by atoms with van der Waals surface area (Å²) in [6, 6.07) is 9.47. The molecule has 2 aromatic carbocycles. The Morgan fingerprint density at radius 3 is 2.58 bits per heavy atom. The van der Waals surface area contributed by atoms with Crippen LogP contribution < -0.4 is 10.6 Å². The highest BCUT2D eigenvalue weighted by atomic mass is 19.4. The van der Waals surface area contributed by atoms with Crippen molar-refractivity contribution in [3.8, 4) is 0 Å². The number of nitrogens with zero attached hydrogens (tertiary/aromatic N) is 1. The van der Waals surface area contributed by atoms with Crippen molar-refractivity contribution in [1.82, 2.24) is 15.3 Å². The van der Waals surface area contributed by atoms with Crippen molar-refractivity contribution in [1.29, 1.82) is 0 Å². The molecule has 0 atom stereocenters. The number of rotatable bonds is 3. The standard InChI is InChI=1S/C16H13F3N4O/c17-16(18,19)11-6-4-10(5-7-11)8-20-15(24)23-13-3-1-2-12-14(13)22-9-21-12/h1-7,9H,8H2,(H,21,22)(H2,20,23,24). The first-order chi connectivity index (χ1) is 11.4. The topological polar surface area (TPSA) is 69.8 Å². The van der Waals surface area contributed by atoms with E-state index in [1.165, 1.54) is 18.5 Å². The van der Waals surface area contributed by atoms with E-state index in [0.717, 1.165) is 17.6 Å². The van der Waals surface area contributed by atoms with E-state index >= 15 is 0 Å². The Morgan fingerprint density at radius 1 is 1.12 bits per heavy atom. The monoisotopic (exact) mass is 334 g/mol. The van der Waals surface area contributed by atoms with E-state index in [1.54, 1.807) is 12.1 Å². The number of fused-ring (bicyclic) bond motifs is 1. The van der Waals surface area contributed by atoms with Crippen LogP contribution in [0.2, 0.25) is 0 Å². The summed E-state index contributed by atoms with van der Waals surface area (Å²) in [5.41, 5.74) is 1.80. The molecule has 0 radical (unpaired) electrons. The minimum Gasteiger partial charge on any atom is -0.345 e. The summed E-state index contributed by atoms with van der Waals surface area (Å²) in [6.07, 6.45) is -2.85. The van der Waals surface area contributed by atoms with Crippen LogP contribution in [0.4, 0.5) is 23.7 Å². The Balaban J connectivity index is 1.61. The van der Waals surface area contributed by atoms with Crippen LogP contribution in [0.15, 0.2) is 48.8 Å². The number of carbonyl (C=O) groups excluding carboxylic acids is 1. The second-order valence-corrected chi connectivity index (χ2v) is 5.11. The van der Waals surface area contributed by atoms with Gasteiger partial charge in [0.25, 0.3) is 0 Å². The van der Waals surface area contributed by atoms with Gasteiger partial charge in [0, 0.05) is 6.54 Å². The zero-order valence-corrected chi connectivity index (χ0v) is 12.3. The van der Waals surface area contributed by atoms with Gasteiger partial charge in [-0.25, -0.2) is 9.78 Å². The lowest BCUT2D eigenvalue weighted by Gasteiger charge is -2.10. The largest absolute Gasteiger partial charge is 0.416 e. The number of carbonyl (C=O) groups is 1. The lowest BCUT2D eigenvalue weighted by molar-refractivity contribution is -0.137. The molecule has 8 heteroatoms. The summed E-state index contributed by atoms with van der Waals surface area (Å²) in [7, 11) is 0. The van der Waals surface area contributed by atoms with Crippen molar-refractivity contribution < 1.29 is 18.0 Å². The van der Waals surface area contributed by atoms with Gasteiger partial charge in [-0.2, -0.15) is 13.2 Å². The molecule has 0 aliphatic carbocycles. The highest BCUT2D eigenvalue weighted by Gasteiger charge is 2.29. The van der Waals surface area contributed by atoms with Gasteiger partial charge in [-0.3, -0.25) is 0 Å². The lowest BCUT2D eigenvalue weighted by Crippen LogP contribution is -2.28. The van der Waals surface area contributed by atoms with E-state index in [2.05, 4.69) is 20.6 Å². The molecule has 2 amide bonds. The number of halogens is 3. The minimum absolute atomic E-state index is 0.112. The zero-order chi connectivity index (χ0) is 17.2. The summed E-state index contributed by atoms with van der Waals surface area (Å²) in [6.45, 7) is 0.112. The molecule has 124 valence electrons. The number of hydrogen-bond acceptors (Lipinski definition) is 2. The molecule has 0 fully saturated rings. The number of hydrogen-bond donors (Lipinski definition) is 3. The van der Waals surface area contributed by atoms with Crippen LogP contribution in [0.25, 0.3) is 11.0 Å². The Hall–Kier alpha value is -3.03. The summed E-state index contributed by atoms with van der Waals surface area (Å²) in [4.78, 5) is 19.0. The summed E-state index contributed by atoms with van der Waals surface area (Å²) < 4.78 is 37.5. The van der Waals surface area contributed by atoms with Crippen LogP contribution in [0.3, 0.4) is 0 Å². The fraction of sp³-hybridized carbons (Fsp3) is 0.125. The molecule has 3 rings (SSSR count). The van der Waals surface area contributed by atoms with Gasteiger partial charge in [-0.1, -0.05) is 18.2 Å². The summed E-state index contributed by atoms with van der Waals surface area (Å²) in [5.74, 6) is 0. The van der Waals surface area contributed by atoms with Gasteiger partial charge in [-0.05, 0) is 29.8 Å². The van der Waals surface area contributed by atoms with E-state index in [4.69, 9.17) is 0 Å². The first-order valence-corrected chi connectivity index (χ1v) is 7.06. The van der Waals surface area contributed by atoms with E-state index in [9.17, 15) is 18.0 Å². The van der Waals surface area contributed by atoms with Gasteiger partial charge in [0.15, 0.2) is 0 Å². The van der Waals surface area contributed by atoms with Crippen molar-refractivity contribution in [2.24, 2.45) is 0 Å². The molecule has 24 heavy (non-hydrogen) atoms. The predicted octanol–water partition coefficient (Wildman–Crippen LogP) is 3.90. The lowest BCUT2D eigenvalue weighted by atomic mass is 10.1. The van der Waals surface area contributed by atoms with Crippen molar-refractivity contribution in [2.45, 2.75) is 12.7 Å². The van der Waals surface area contributed by atoms with E-state index in [1.807, 2.05) is 6.07 Å². The maximum atomic E-state index is 12.5. The maximum Gasteiger partial charge on any atom is 0.416 e. The highest BCUT2D eigenvalue weighted by molar-refractivity contribution is 5.98. The molecular weight excluding hydrogens is 321 g/mol. The number of nitrogens with one attached hydrogen (secondary N) is 3. The maximum absolute atomic E-state index is 12.5. The smallest absolute Gasteiger partial charge is 0.345 e. The Morgan fingerprint density at radius 2 is 1.88 bits per heavy atom. The average molecular weight is 334 g/mol. The number of aromatic amines is 1. The number of urea groups is 1. The number of para-hydroxylation sites is 1. The fourth-order valence-corrected chi connectivity index (χ4v) is 2.23. The third-order valence-electron chi connectivity index (χ3n) is 3.43. The van der Waals surface area contributed by atoms with Crippen molar-refractivity contribution in [3.63, 3.8) is 0 Å². The first-order valence-electron chi connectivity index (χ1n) is 7.06. The Labute approximate surface area is 134 Å². The molecule has 0 saturated heterocycles. The molecule has 0 unspecified atom stereocenters. The molecule has 3 aromatic rings. The molecule has 0 aliphatic heterocycles. The van der Waals surface area contributed by atoms with Crippen LogP contribution in [0.1, 0.15) is 11.1 Å². The number of benzene rings is 2. The second-order valence-electron chi connectivity index (χ2n) is 5.11. The average Bonchev–Trinajstić information content (AvgIpc) is 3.02. The van der Waals surface area contributed by atoms with Crippen LogP contribution in [0.5, 0.6) is 0 Å². The number of amides is 2. The van der Waals surface area contributed by atoms with E-state index in [-0.39, 0.29) is 6.54 Å². The molecule has 1 heterocycles. The van der Waals surface area contributed by atoms with Gasteiger partial charge in [-0.15, -0.1) is 0 Å². The van der Waals surface area contributed by atoms with Gasteiger partial charge >= 0.3 is 12.2 Å². The zero-order valence-electron chi connectivity index (χ0n) is 12.3. The molecule has 0 bridgehead atoms. The SMILES string of the molecule is O=C(NCc1ccc(C(F)(F)F)cc1)Nc1cccc2[nH]cnc12. The molecule has 0 saturated carbocycles. The van der Waals surface area contributed by atoms with Crippen molar-refractivity contribution >= 4 is 22.8 Å². The van der Waals surface area contributed by atoms with E-state index in [0.29, 0.717) is 16.8 Å². The number of aromatic nitrogens is 2. The third-order valence-corrected chi connectivity index (χ3v) is 3.43. The minimum atomic E-state index is -4.37. The molecule has 1 aromatic heterocycles. The molecule has 5 nitrogen and oxygen atoms in total. The quantitative estimate of drug-likeness (QED) is 0.680. The number of imidazole rings is 1. The predicted molar refractivity (Wildman–Crippen MR) is 83.4 cm³/mol. The summed E-state index contributed by atoms with van der Waals surface area (Å²) in [5, 5.41) is 5.26. The normalized spacial score (nSPS) is 11.5. The van der Waals surface area contributed by atoms with Crippen LogP contribution >= 0.6 is 0 Å². The van der Waals surface area contributed by atoms with Crippen molar-refractivity contribution in [3.05, 3.63) is 59.9 Å². The molecular formula is C16H13F3N4O. The first kappa shape index (κ1) is 15.9. The van der Waals surface area contributed by atoms with Crippen LogP contribution in [-0.2, 0) is 12.7 Å². The Kier molecular flexibility index (Phi) is 4.11. The second kappa shape index (κ2) is 6.23. The summed E-state index contributed by atoms with van der Waals surface area (Å²) >= 11 is 0. The van der Waals surface area contributed by atoms with Crippen LogP contribution in [-0.4, -0.2) is 16.0 Å². The number of alkyl halides is 3.